The molecule has 1 saturated heterocycles. The Labute approximate surface area is 138 Å². The van der Waals surface area contributed by atoms with Gasteiger partial charge in [-0.2, -0.15) is 0 Å². The van der Waals surface area contributed by atoms with Crippen molar-refractivity contribution < 1.29 is 0 Å². The van der Waals surface area contributed by atoms with E-state index in [0.717, 1.165) is 37.0 Å². The van der Waals surface area contributed by atoms with Gasteiger partial charge in [0.2, 0.25) is 0 Å². The zero-order valence-electron chi connectivity index (χ0n) is 14.1. The number of hydrogen-bond acceptors (Lipinski definition) is 4. The number of likely N-dealkylation sites (tertiary alicyclic amines) is 1. The van der Waals surface area contributed by atoms with Gasteiger partial charge in [-0.3, -0.25) is 9.89 Å². The second-order valence-electron chi connectivity index (χ2n) is 5.81. The van der Waals surface area contributed by atoms with Crippen molar-refractivity contribution >= 4 is 17.3 Å². The van der Waals surface area contributed by atoms with Crippen LogP contribution in [0.25, 0.3) is 0 Å². The molecule has 2 rings (SSSR count). The Morgan fingerprint density at radius 3 is 3.00 bits per heavy atom. The van der Waals surface area contributed by atoms with Gasteiger partial charge < -0.3 is 10.6 Å². The van der Waals surface area contributed by atoms with Crippen molar-refractivity contribution in [1.82, 2.24) is 20.5 Å². The Balaban J connectivity index is 1.68. The second-order valence-corrected chi connectivity index (χ2v) is 7.01. The molecule has 1 unspecified atom stereocenters. The van der Waals surface area contributed by atoms with Gasteiger partial charge in [0.05, 0.1) is 6.54 Å². The fraction of sp³-hybridized carbons (Fsp3) is 0.750. The van der Waals surface area contributed by atoms with Crippen molar-refractivity contribution in [2.24, 2.45) is 4.99 Å². The predicted molar refractivity (Wildman–Crippen MR) is 94.6 cm³/mol. The molecule has 0 amide bonds. The molecule has 5 nitrogen and oxygen atoms in total. The van der Waals surface area contributed by atoms with Crippen molar-refractivity contribution in [2.75, 3.05) is 26.7 Å². The third kappa shape index (κ3) is 5.25. The minimum atomic E-state index is 0.716. The number of rotatable bonds is 6. The summed E-state index contributed by atoms with van der Waals surface area (Å²) in [5.41, 5.74) is 0. The van der Waals surface area contributed by atoms with Crippen LogP contribution in [-0.2, 0) is 13.0 Å². The zero-order valence-corrected chi connectivity index (χ0v) is 14.9. The molecule has 0 aromatic carbocycles. The summed E-state index contributed by atoms with van der Waals surface area (Å²) in [6.45, 7) is 8.48. The largest absolute Gasteiger partial charge is 0.355 e. The first-order valence-corrected chi connectivity index (χ1v) is 9.16. The van der Waals surface area contributed by atoms with E-state index in [4.69, 9.17) is 0 Å². The monoisotopic (exact) mass is 323 g/mol. The van der Waals surface area contributed by atoms with Crippen LogP contribution in [0, 0.1) is 0 Å². The van der Waals surface area contributed by atoms with Crippen LogP contribution in [0.1, 0.15) is 43.0 Å². The lowest BCUT2D eigenvalue weighted by molar-refractivity contribution is 0.163. The van der Waals surface area contributed by atoms with E-state index in [9.17, 15) is 0 Å². The molecule has 0 saturated carbocycles. The zero-order chi connectivity index (χ0) is 15.8. The lowest BCUT2D eigenvalue weighted by atomic mass is 10.0. The Morgan fingerprint density at radius 1 is 1.45 bits per heavy atom. The van der Waals surface area contributed by atoms with Crippen LogP contribution in [0.3, 0.4) is 0 Å². The molecule has 6 heteroatoms. The number of aryl methyl sites for hydroxylation is 1. The minimum absolute atomic E-state index is 0.716. The Morgan fingerprint density at radius 2 is 2.32 bits per heavy atom. The predicted octanol–water partition coefficient (Wildman–Crippen LogP) is 2.24. The highest BCUT2D eigenvalue weighted by Gasteiger charge is 2.17. The van der Waals surface area contributed by atoms with Crippen LogP contribution < -0.4 is 10.6 Å². The highest BCUT2D eigenvalue weighted by Crippen LogP contribution is 2.15. The van der Waals surface area contributed by atoms with Gasteiger partial charge in [-0.1, -0.05) is 13.3 Å². The lowest BCUT2D eigenvalue weighted by Gasteiger charge is -2.33. The molecule has 1 aromatic heterocycles. The van der Waals surface area contributed by atoms with Gasteiger partial charge in [0.25, 0.3) is 0 Å². The average Bonchev–Trinajstić information content (AvgIpc) is 3.00. The molecule has 1 aliphatic rings. The quantitative estimate of drug-likeness (QED) is 0.623. The first-order chi connectivity index (χ1) is 10.7. The third-order valence-corrected chi connectivity index (χ3v) is 5.35. The van der Waals surface area contributed by atoms with Gasteiger partial charge in [0, 0.05) is 37.3 Å². The summed E-state index contributed by atoms with van der Waals surface area (Å²) >= 11 is 1.77. The maximum atomic E-state index is 4.42. The van der Waals surface area contributed by atoms with Gasteiger partial charge >= 0.3 is 0 Å². The molecule has 2 heterocycles. The fourth-order valence-electron chi connectivity index (χ4n) is 2.78. The SMILES string of the molecule is CCc1cnc(CNC(=NC)NCCN2CCCCC2C)s1. The number of nitrogens with zero attached hydrogens (tertiary/aromatic N) is 3. The number of piperidine rings is 1. The van der Waals surface area contributed by atoms with Crippen LogP contribution >= 0.6 is 11.3 Å². The number of aliphatic imine (C=N–C) groups is 1. The standard InChI is InChI=1S/C16H29N5S/c1-4-14-11-19-15(22-14)12-20-16(17-3)18-8-10-21-9-6-5-7-13(21)2/h11,13H,4-10,12H2,1-3H3,(H2,17,18,20). The first kappa shape index (κ1) is 17.2. The van der Waals surface area contributed by atoms with Crippen LogP contribution in [0.4, 0.5) is 0 Å². The molecule has 1 aromatic rings. The summed E-state index contributed by atoms with van der Waals surface area (Å²) in [6, 6.07) is 0.716. The van der Waals surface area contributed by atoms with Gasteiger partial charge in [0.1, 0.15) is 5.01 Å². The van der Waals surface area contributed by atoms with Gasteiger partial charge in [-0.05, 0) is 32.7 Å². The molecule has 124 valence electrons. The summed E-state index contributed by atoms with van der Waals surface area (Å²) in [4.78, 5) is 12.6. The topological polar surface area (TPSA) is 52.6 Å². The van der Waals surface area contributed by atoms with Gasteiger partial charge in [0.15, 0.2) is 5.96 Å². The average molecular weight is 324 g/mol. The van der Waals surface area contributed by atoms with Crippen molar-refractivity contribution in [3.05, 3.63) is 16.1 Å². The smallest absolute Gasteiger partial charge is 0.191 e. The van der Waals surface area contributed by atoms with E-state index in [-0.39, 0.29) is 0 Å². The van der Waals surface area contributed by atoms with Crippen molar-refractivity contribution in [3.8, 4) is 0 Å². The second kappa shape index (κ2) is 9.10. The van der Waals surface area contributed by atoms with Crippen molar-refractivity contribution in [2.45, 2.75) is 52.1 Å². The molecule has 0 radical (unpaired) electrons. The highest BCUT2D eigenvalue weighted by molar-refractivity contribution is 7.11. The molecule has 2 N–H and O–H groups in total. The third-order valence-electron chi connectivity index (χ3n) is 4.21. The fourth-order valence-corrected chi connectivity index (χ4v) is 3.58. The number of nitrogens with one attached hydrogen (secondary N) is 2. The summed E-state index contributed by atoms with van der Waals surface area (Å²) in [6.07, 6.45) is 7.06. The maximum absolute atomic E-state index is 4.42. The van der Waals surface area contributed by atoms with E-state index in [0.29, 0.717) is 6.04 Å². The summed E-state index contributed by atoms with van der Waals surface area (Å²) in [5, 5.41) is 7.86. The lowest BCUT2D eigenvalue weighted by Crippen LogP contribution is -2.45. The number of aromatic nitrogens is 1. The molecule has 1 atom stereocenters. The minimum Gasteiger partial charge on any atom is -0.355 e. The van der Waals surface area contributed by atoms with Gasteiger partial charge in [-0.25, -0.2) is 4.98 Å². The molecule has 1 fully saturated rings. The number of guanidine groups is 1. The molecule has 1 aliphatic heterocycles. The first-order valence-electron chi connectivity index (χ1n) is 8.35. The molecule has 0 bridgehead atoms. The highest BCUT2D eigenvalue weighted by atomic mass is 32.1. The molecular formula is C16H29N5S. The van der Waals surface area contributed by atoms with E-state index in [2.05, 4.69) is 39.4 Å². The van der Waals surface area contributed by atoms with Crippen LogP contribution in [-0.4, -0.2) is 48.6 Å². The molecule has 22 heavy (non-hydrogen) atoms. The van der Waals surface area contributed by atoms with E-state index in [1.54, 1.807) is 11.3 Å². The summed E-state index contributed by atoms with van der Waals surface area (Å²) < 4.78 is 0. The summed E-state index contributed by atoms with van der Waals surface area (Å²) in [7, 11) is 1.82. The Bertz CT molecular complexity index is 471. The molecule has 0 spiro atoms. The normalized spacial score (nSPS) is 20.1. The van der Waals surface area contributed by atoms with E-state index >= 15 is 0 Å². The van der Waals surface area contributed by atoms with E-state index in [1.807, 2.05) is 13.2 Å². The van der Waals surface area contributed by atoms with Crippen LogP contribution in [0.2, 0.25) is 0 Å². The number of hydrogen-bond donors (Lipinski definition) is 2. The van der Waals surface area contributed by atoms with E-state index < -0.39 is 0 Å². The van der Waals surface area contributed by atoms with Crippen LogP contribution in [0.15, 0.2) is 11.2 Å². The maximum Gasteiger partial charge on any atom is 0.191 e. The van der Waals surface area contributed by atoms with Crippen molar-refractivity contribution in [1.29, 1.82) is 0 Å². The Hall–Kier alpha value is -1.14. The Kier molecular flexibility index (Phi) is 7.12. The van der Waals surface area contributed by atoms with Crippen molar-refractivity contribution in [3.63, 3.8) is 0 Å². The molecule has 0 aliphatic carbocycles. The summed E-state index contributed by atoms with van der Waals surface area (Å²) in [5.74, 6) is 0.859. The molecular weight excluding hydrogens is 294 g/mol. The van der Waals surface area contributed by atoms with Crippen LogP contribution in [0.5, 0.6) is 0 Å². The van der Waals surface area contributed by atoms with Gasteiger partial charge in [-0.15, -0.1) is 11.3 Å². The number of thiazole rings is 1. The van der Waals surface area contributed by atoms with E-state index in [1.165, 1.54) is 30.7 Å².